The Kier molecular flexibility index (Phi) is 7.04. The summed E-state index contributed by atoms with van der Waals surface area (Å²) < 4.78 is 70.5. The second-order valence-corrected chi connectivity index (χ2v) is 13.6. The highest BCUT2D eigenvalue weighted by molar-refractivity contribution is 7.89. The number of aryl methyl sites for hydroxylation is 1. The minimum Gasteiger partial charge on any atom is -0.367 e. The number of aromatic nitrogens is 4. The summed E-state index contributed by atoms with van der Waals surface area (Å²) in [4.78, 5) is 4.46. The molecule has 1 saturated carbocycles. The van der Waals surface area contributed by atoms with Gasteiger partial charge in [-0.3, -0.25) is 4.40 Å². The first-order chi connectivity index (χ1) is 19.9. The highest BCUT2D eigenvalue weighted by Gasteiger charge is 2.64. The molecule has 42 heavy (non-hydrogen) atoms. The normalized spacial score (nSPS) is 18.1. The summed E-state index contributed by atoms with van der Waals surface area (Å²) in [5.41, 5.74) is 2.08. The number of alkyl halides is 3. The lowest BCUT2D eigenvalue weighted by atomic mass is 9.97. The van der Waals surface area contributed by atoms with Crippen LogP contribution in [0.2, 0.25) is 0 Å². The number of rotatable bonds is 7. The first-order valence-electron chi connectivity index (χ1n) is 14.1. The van der Waals surface area contributed by atoms with Gasteiger partial charge in [0.05, 0.1) is 10.3 Å². The number of halogens is 3. The Labute approximate surface area is 243 Å². The van der Waals surface area contributed by atoms with Gasteiger partial charge in [0.1, 0.15) is 11.6 Å². The molecule has 2 aliphatic rings. The van der Waals surface area contributed by atoms with E-state index in [2.05, 4.69) is 34.3 Å². The van der Waals surface area contributed by atoms with Crippen molar-refractivity contribution in [3.05, 3.63) is 71.8 Å². The van der Waals surface area contributed by atoms with E-state index >= 15 is 0 Å². The molecule has 4 aromatic rings. The number of pyridine rings is 2. The van der Waals surface area contributed by atoms with Crippen LogP contribution >= 0.6 is 0 Å². The summed E-state index contributed by atoms with van der Waals surface area (Å²) in [5, 5.41) is 11.9. The average Bonchev–Trinajstić information content (AvgIpc) is 3.67. The first kappa shape index (κ1) is 28.6. The summed E-state index contributed by atoms with van der Waals surface area (Å²) >= 11 is 0. The zero-order valence-electron chi connectivity index (χ0n) is 23.7. The number of benzene rings is 1. The van der Waals surface area contributed by atoms with E-state index in [-0.39, 0.29) is 35.3 Å². The summed E-state index contributed by atoms with van der Waals surface area (Å²) in [7, 11) is -3.68. The predicted octanol–water partition coefficient (Wildman–Crippen LogP) is 6.08. The molecule has 3 aromatic heterocycles. The molecule has 0 atom stereocenters. The zero-order valence-corrected chi connectivity index (χ0v) is 24.5. The van der Waals surface area contributed by atoms with E-state index in [1.54, 1.807) is 18.2 Å². The Morgan fingerprint density at radius 1 is 1.00 bits per heavy atom. The number of sulfonamides is 1. The highest BCUT2D eigenvalue weighted by Crippen LogP contribution is 2.58. The maximum Gasteiger partial charge on any atom is 0.398 e. The van der Waals surface area contributed by atoms with Gasteiger partial charge in [0.2, 0.25) is 10.0 Å². The van der Waals surface area contributed by atoms with Crippen LogP contribution in [0.4, 0.5) is 19.0 Å². The van der Waals surface area contributed by atoms with Crippen molar-refractivity contribution in [2.24, 2.45) is 0 Å². The maximum atomic E-state index is 13.4. The number of nitrogens with zero attached hydrogens (tertiary/aromatic N) is 5. The van der Waals surface area contributed by atoms with Gasteiger partial charge >= 0.3 is 6.18 Å². The number of hydrogen-bond acceptors (Lipinski definition) is 6. The van der Waals surface area contributed by atoms with E-state index in [9.17, 15) is 21.6 Å². The van der Waals surface area contributed by atoms with Crippen LogP contribution in [0.5, 0.6) is 0 Å². The minimum absolute atomic E-state index is 0.0266. The summed E-state index contributed by atoms with van der Waals surface area (Å²) in [6.07, 6.45) is 0.331. The molecule has 4 heterocycles. The topological polar surface area (TPSA) is 92.5 Å². The Morgan fingerprint density at radius 3 is 2.26 bits per heavy atom. The number of hydrogen-bond donors (Lipinski definition) is 1. The molecule has 1 N–H and O–H groups in total. The van der Waals surface area contributed by atoms with Crippen molar-refractivity contribution in [3.8, 4) is 11.1 Å². The average molecular weight is 599 g/mol. The van der Waals surface area contributed by atoms with E-state index in [0.717, 1.165) is 28.2 Å². The van der Waals surface area contributed by atoms with Crippen LogP contribution in [0, 0.1) is 6.92 Å². The fourth-order valence-corrected chi connectivity index (χ4v) is 7.24. The molecule has 8 nitrogen and oxygen atoms in total. The molecule has 2 fully saturated rings. The van der Waals surface area contributed by atoms with Gasteiger partial charge in [-0.2, -0.15) is 17.5 Å². The third kappa shape index (κ3) is 5.04. The van der Waals surface area contributed by atoms with Crippen LogP contribution < -0.4 is 5.32 Å². The van der Waals surface area contributed by atoms with E-state index in [4.69, 9.17) is 0 Å². The first-order valence-corrected chi connectivity index (χ1v) is 15.6. The molecule has 1 aliphatic heterocycles. The number of piperidine rings is 1. The lowest BCUT2D eigenvalue weighted by Crippen LogP contribution is -2.42. The minimum atomic E-state index is -4.27. The fraction of sp³-hybridized carbons (Fsp3) is 0.433. The van der Waals surface area contributed by atoms with Gasteiger partial charge in [-0.05, 0) is 79.1 Å². The molecule has 222 valence electrons. The fourth-order valence-electron chi connectivity index (χ4n) is 5.77. The van der Waals surface area contributed by atoms with Crippen molar-refractivity contribution < 1.29 is 21.6 Å². The van der Waals surface area contributed by atoms with Gasteiger partial charge in [-0.15, -0.1) is 10.2 Å². The molecule has 0 radical (unpaired) electrons. The van der Waals surface area contributed by atoms with Gasteiger partial charge < -0.3 is 5.32 Å². The highest BCUT2D eigenvalue weighted by atomic mass is 32.2. The van der Waals surface area contributed by atoms with E-state index in [0.29, 0.717) is 31.7 Å². The van der Waals surface area contributed by atoms with Crippen molar-refractivity contribution >= 4 is 21.5 Å². The molecule has 1 aliphatic carbocycles. The lowest BCUT2D eigenvalue weighted by molar-refractivity contribution is -0.160. The largest absolute Gasteiger partial charge is 0.398 e. The number of nitrogens with one attached hydrogen (secondary N) is 1. The Morgan fingerprint density at radius 2 is 1.69 bits per heavy atom. The summed E-state index contributed by atoms with van der Waals surface area (Å²) in [5.74, 6) is 1.57. The maximum absolute atomic E-state index is 13.4. The summed E-state index contributed by atoms with van der Waals surface area (Å²) in [6, 6.07) is 12.0. The number of anilines is 1. The van der Waals surface area contributed by atoms with Crippen molar-refractivity contribution in [2.45, 2.75) is 74.9 Å². The van der Waals surface area contributed by atoms with Gasteiger partial charge in [0, 0.05) is 37.4 Å². The third-order valence-electron chi connectivity index (χ3n) is 8.47. The van der Waals surface area contributed by atoms with Crippen LogP contribution in [0.15, 0.2) is 59.8 Å². The van der Waals surface area contributed by atoms with Crippen molar-refractivity contribution in [2.75, 3.05) is 18.4 Å². The van der Waals surface area contributed by atoms with E-state index in [1.165, 1.54) is 16.6 Å². The van der Waals surface area contributed by atoms with Crippen LogP contribution in [-0.2, 0) is 15.4 Å². The zero-order chi connectivity index (χ0) is 29.9. The predicted molar refractivity (Wildman–Crippen MR) is 154 cm³/mol. The van der Waals surface area contributed by atoms with Crippen LogP contribution in [0.3, 0.4) is 0 Å². The Balaban J connectivity index is 1.10. The smallest absolute Gasteiger partial charge is 0.367 e. The van der Waals surface area contributed by atoms with Crippen molar-refractivity contribution in [3.63, 3.8) is 0 Å². The van der Waals surface area contributed by atoms with Gasteiger partial charge in [-0.1, -0.05) is 32.0 Å². The molecule has 0 unspecified atom stereocenters. The van der Waals surface area contributed by atoms with Crippen molar-refractivity contribution in [1.29, 1.82) is 0 Å². The molecule has 0 bridgehead atoms. The molecule has 6 rings (SSSR count). The molecule has 0 spiro atoms. The van der Waals surface area contributed by atoms with Crippen LogP contribution in [-0.4, -0.2) is 57.6 Å². The van der Waals surface area contributed by atoms with Gasteiger partial charge in [0.25, 0.3) is 0 Å². The number of fused-ring (bicyclic) bond motifs is 1. The van der Waals surface area contributed by atoms with E-state index < -0.39 is 21.6 Å². The lowest BCUT2D eigenvalue weighted by Gasteiger charge is -2.32. The van der Waals surface area contributed by atoms with E-state index in [1.807, 2.05) is 35.7 Å². The monoisotopic (exact) mass is 598 g/mol. The second kappa shape index (κ2) is 10.3. The van der Waals surface area contributed by atoms with Crippen LogP contribution in [0.1, 0.15) is 62.4 Å². The third-order valence-corrected chi connectivity index (χ3v) is 10.4. The Hall–Kier alpha value is -3.51. The molecule has 12 heteroatoms. The van der Waals surface area contributed by atoms with Gasteiger partial charge in [-0.25, -0.2) is 13.4 Å². The summed E-state index contributed by atoms with van der Waals surface area (Å²) in [6.45, 7) is 6.78. The molecular formula is C30H33F3N6O2S. The van der Waals surface area contributed by atoms with Crippen molar-refractivity contribution in [1.82, 2.24) is 23.9 Å². The SMILES string of the molecule is Cc1cc(-c2ccc(S(=O)(=O)N3CCC(Nc4ccc(C5(C(F)(F)F)CC5)cn4)CC3)cc2)cn2c(C(C)C)nnc12. The molecular weight excluding hydrogens is 565 g/mol. The molecule has 0 amide bonds. The van der Waals surface area contributed by atoms with Gasteiger partial charge in [0.15, 0.2) is 5.65 Å². The quantitative estimate of drug-likeness (QED) is 0.277. The standard InChI is InChI=1S/C30H33F3N6O2S/c1-19(2)27-36-37-28-20(3)16-22(18-39(27)28)21-4-7-25(8-5-21)42(40,41)38-14-10-24(11-15-38)35-26-9-6-23(17-34-26)29(12-13-29)30(31,32)33/h4-9,16-19,24H,10-15H2,1-3H3,(H,34,35). The van der Waals surface area contributed by atoms with Crippen LogP contribution in [0.25, 0.3) is 16.8 Å². The second-order valence-electron chi connectivity index (χ2n) is 11.7. The molecule has 1 saturated heterocycles. The Bertz CT molecular complexity index is 1710. The molecule has 1 aromatic carbocycles.